The van der Waals surface area contributed by atoms with Gasteiger partial charge in [0.15, 0.2) is 17.7 Å². The number of carbonyl (C=O) groups excluding carboxylic acids is 2. The summed E-state index contributed by atoms with van der Waals surface area (Å²) in [6, 6.07) is 13.3. The molecule has 0 radical (unpaired) electrons. The Hall–Kier alpha value is -3.74. The number of hydrogen-bond acceptors (Lipinski definition) is 5. The molecule has 7 nitrogen and oxygen atoms in total. The van der Waals surface area contributed by atoms with Gasteiger partial charge < -0.3 is 10.1 Å². The molecule has 2 aromatic heterocycles. The molecule has 3 aromatic rings. The third kappa shape index (κ3) is 3.42. The first kappa shape index (κ1) is 19.2. The Balaban J connectivity index is 1.56. The summed E-state index contributed by atoms with van der Waals surface area (Å²) in [6.45, 7) is 4.68. The molecule has 2 aliphatic heterocycles. The Morgan fingerprint density at radius 3 is 2.90 bits per heavy atom. The van der Waals surface area contributed by atoms with Crippen LogP contribution in [-0.2, 0) is 17.8 Å². The van der Waals surface area contributed by atoms with Crippen LogP contribution in [0.1, 0.15) is 34.1 Å². The van der Waals surface area contributed by atoms with Gasteiger partial charge in [-0.15, -0.1) is 0 Å². The van der Waals surface area contributed by atoms with E-state index < -0.39 is 6.10 Å². The lowest BCUT2D eigenvalue weighted by Crippen LogP contribution is -2.44. The topological polar surface area (TPSA) is 84.4 Å². The van der Waals surface area contributed by atoms with Crippen molar-refractivity contribution < 1.29 is 14.3 Å². The molecule has 0 fully saturated rings. The number of aryl methyl sites for hydroxylation is 1. The second-order valence-electron chi connectivity index (χ2n) is 7.83. The molecule has 7 heteroatoms. The van der Waals surface area contributed by atoms with E-state index >= 15 is 0 Å². The van der Waals surface area contributed by atoms with Gasteiger partial charge in [-0.1, -0.05) is 18.2 Å². The van der Waals surface area contributed by atoms with E-state index in [1.165, 1.54) is 0 Å². The number of nitrogens with zero attached hydrogens (tertiary/aromatic N) is 3. The summed E-state index contributed by atoms with van der Waals surface area (Å²) < 4.78 is 5.81. The van der Waals surface area contributed by atoms with E-state index in [2.05, 4.69) is 10.3 Å². The van der Waals surface area contributed by atoms with Crippen LogP contribution in [-0.4, -0.2) is 34.4 Å². The molecular formula is C24H22N4O3. The summed E-state index contributed by atoms with van der Waals surface area (Å²) in [5.41, 5.74) is 5.03. The molecular weight excluding hydrogens is 392 g/mol. The maximum atomic E-state index is 13.0. The number of fused-ring (bicyclic) bond motifs is 2. The molecule has 0 spiro atoms. The van der Waals surface area contributed by atoms with Crippen molar-refractivity contribution >= 4 is 17.6 Å². The first-order valence-electron chi connectivity index (χ1n) is 10.3. The van der Waals surface area contributed by atoms with Crippen molar-refractivity contribution in [3.63, 3.8) is 0 Å². The minimum Gasteiger partial charge on any atom is -0.477 e. The number of anilines is 1. The van der Waals surface area contributed by atoms with Crippen molar-refractivity contribution in [3.8, 4) is 17.0 Å². The normalized spacial score (nSPS) is 17.5. The molecule has 0 unspecified atom stereocenters. The van der Waals surface area contributed by atoms with Gasteiger partial charge in [-0.2, -0.15) is 0 Å². The molecule has 2 amide bonds. The lowest BCUT2D eigenvalue weighted by molar-refractivity contribution is -0.125. The van der Waals surface area contributed by atoms with Crippen LogP contribution in [0.5, 0.6) is 5.75 Å². The van der Waals surface area contributed by atoms with Gasteiger partial charge in [0.25, 0.3) is 11.8 Å². The van der Waals surface area contributed by atoms with Gasteiger partial charge in [-0.25, -0.2) is 4.98 Å². The third-order valence-corrected chi connectivity index (χ3v) is 5.79. The molecule has 4 heterocycles. The number of amides is 2. The van der Waals surface area contributed by atoms with Gasteiger partial charge in [0, 0.05) is 29.6 Å². The molecule has 1 atom stereocenters. The molecule has 0 saturated heterocycles. The number of rotatable bonds is 3. The van der Waals surface area contributed by atoms with Crippen molar-refractivity contribution in [2.75, 3.05) is 11.4 Å². The van der Waals surface area contributed by atoms with E-state index in [4.69, 9.17) is 9.72 Å². The molecule has 0 aliphatic carbocycles. The second kappa shape index (κ2) is 7.50. The van der Waals surface area contributed by atoms with Gasteiger partial charge in [0.2, 0.25) is 0 Å². The highest BCUT2D eigenvalue weighted by Gasteiger charge is 2.33. The summed E-state index contributed by atoms with van der Waals surface area (Å²) in [6.07, 6.45) is 1.96. The lowest BCUT2D eigenvalue weighted by atomic mass is 9.96. The van der Waals surface area contributed by atoms with E-state index in [0.717, 1.165) is 28.8 Å². The molecule has 0 bridgehead atoms. The van der Waals surface area contributed by atoms with E-state index in [0.29, 0.717) is 35.9 Å². The largest absolute Gasteiger partial charge is 0.477 e. The van der Waals surface area contributed by atoms with Gasteiger partial charge >= 0.3 is 0 Å². The van der Waals surface area contributed by atoms with E-state index in [1.54, 1.807) is 18.0 Å². The Morgan fingerprint density at radius 2 is 2.06 bits per heavy atom. The molecule has 1 aromatic carbocycles. The van der Waals surface area contributed by atoms with Crippen LogP contribution in [0.15, 0.2) is 48.7 Å². The predicted molar refractivity (Wildman–Crippen MR) is 116 cm³/mol. The Bertz CT molecular complexity index is 1210. The highest BCUT2D eigenvalue weighted by Crippen LogP contribution is 2.36. The van der Waals surface area contributed by atoms with Gasteiger partial charge in [0.05, 0.1) is 12.2 Å². The number of benzene rings is 1. The fraction of sp³-hybridized carbons (Fsp3) is 0.250. The fourth-order valence-corrected chi connectivity index (χ4v) is 4.03. The van der Waals surface area contributed by atoms with Crippen LogP contribution in [0.4, 0.5) is 5.82 Å². The Labute approximate surface area is 180 Å². The average molecular weight is 414 g/mol. The van der Waals surface area contributed by atoms with Crippen LogP contribution in [0.2, 0.25) is 0 Å². The van der Waals surface area contributed by atoms with Crippen molar-refractivity contribution in [2.45, 2.75) is 32.9 Å². The average Bonchev–Trinajstić information content (AvgIpc) is 2.78. The van der Waals surface area contributed by atoms with E-state index in [-0.39, 0.29) is 11.8 Å². The Morgan fingerprint density at radius 1 is 1.19 bits per heavy atom. The standard InChI is InChI=1S/C24H22N4O3/c1-14-18(4-3-10-25-14)13-28-22-21(31-15(2)24(28)30)8-7-20(27-22)17-6-5-16-9-11-26-23(29)19(16)12-17/h3-8,10,12,15H,9,11,13H2,1-2H3,(H,26,29)/t15-/m1/s1. The number of carbonyl (C=O) groups is 2. The second-order valence-corrected chi connectivity index (χ2v) is 7.83. The minimum absolute atomic E-state index is 0.0675. The number of nitrogens with one attached hydrogen (secondary N) is 1. The molecule has 5 rings (SSSR count). The number of hydrogen-bond donors (Lipinski definition) is 1. The minimum atomic E-state index is -0.593. The predicted octanol–water partition coefficient (Wildman–Crippen LogP) is 3.05. The van der Waals surface area contributed by atoms with E-state index in [9.17, 15) is 9.59 Å². The zero-order valence-electron chi connectivity index (χ0n) is 17.4. The zero-order chi connectivity index (χ0) is 21.5. The fourth-order valence-electron chi connectivity index (χ4n) is 4.03. The number of ether oxygens (including phenoxy) is 1. The smallest absolute Gasteiger partial charge is 0.269 e. The molecule has 156 valence electrons. The molecule has 1 N–H and O–H groups in total. The maximum Gasteiger partial charge on any atom is 0.269 e. The monoisotopic (exact) mass is 414 g/mol. The van der Waals surface area contributed by atoms with Crippen LogP contribution in [0, 0.1) is 6.92 Å². The quantitative estimate of drug-likeness (QED) is 0.712. The summed E-state index contributed by atoms with van der Waals surface area (Å²) >= 11 is 0. The van der Waals surface area contributed by atoms with E-state index in [1.807, 2.05) is 49.4 Å². The van der Waals surface area contributed by atoms with Crippen molar-refractivity contribution in [1.82, 2.24) is 15.3 Å². The van der Waals surface area contributed by atoms with Crippen LogP contribution in [0.3, 0.4) is 0 Å². The third-order valence-electron chi connectivity index (χ3n) is 5.79. The van der Waals surface area contributed by atoms with Crippen molar-refractivity contribution in [2.24, 2.45) is 0 Å². The van der Waals surface area contributed by atoms with Gasteiger partial charge in [0.1, 0.15) is 0 Å². The maximum absolute atomic E-state index is 13.0. The summed E-state index contributed by atoms with van der Waals surface area (Å²) in [4.78, 5) is 36.0. The van der Waals surface area contributed by atoms with Crippen LogP contribution >= 0.6 is 0 Å². The van der Waals surface area contributed by atoms with Gasteiger partial charge in [-0.05, 0) is 55.7 Å². The van der Waals surface area contributed by atoms with Crippen molar-refractivity contribution in [1.29, 1.82) is 0 Å². The SMILES string of the molecule is Cc1ncccc1CN1C(=O)[C@@H](C)Oc2ccc(-c3ccc4c(c3)C(=O)NCC4)nc21. The lowest BCUT2D eigenvalue weighted by Gasteiger charge is -2.32. The molecule has 2 aliphatic rings. The summed E-state index contributed by atoms with van der Waals surface area (Å²) in [5, 5.41) is 2.88. The molecule has 31 heavy (non-hydrogen) atoms. The molecule has 0 saturated carbocycles. The van der Waals surface area contributed by atoms with Gasteiger partial charge in [-0.3, -0.25) is 19.5 Å². The highest BCUT2D eigenvalue weighted by molar-refractivity contribution is 5.99. The van der Waals surface area contributed by atoms with Crippen LogP contribution < -0.4 is 15.0 Å². The number of pyridine rings is 2. The zero-order valence-corrected chi connectivity index (χ0v) is 17.4. The summed E-state index contributed by atoms with van der Waals surface area (Å²) in [5.74, 6) is 0.825. The van der Waals surface area contributed by atoms with Crippen molar-refractivity contribution in [3.05, 3.63) is 71.0 Å². The number of aromatic nitrogens is 2. The summed E-state index contributed by atoms with van der Waals surface area (Å²) in [7, 11) is 0. The first-order valence-corrected chi connectivity index (χ1v) is 10.3. The first-order chi connectivity index (χ1) is 15.0. The van der Waals surface area contributed by atoms with Crippen LogP contribution in [0.25, 0.3) is 11.3 Å². The Kier molecular flexibility index (Phi) is 4.66. The highest BCUT2D eigenvalue weighted by atomic mass is 16.5.